The number of rotatable bonds is 6. The summed E-state index contributed by atoms with van der Waals surface area (Å²) in [6.45, 7) is 3.54. The third-order valence-corrected chi connectivity index (χ3v) is 5.50. The van der Waals surface area contributed by atoms with Gasteiger partial charge in [0, 0.05) is 24.2 Å². The van der Waals surface area contributed by atoms with E-state index in [1.54, 1.807) is 25.1 Å². The smallest absolute Gasteiger partial charge is 0.424 e. The maximum atomic E-state index is 13.6. The number of benzene rings is 1. The Bertz CT molecular complexity index is 871. The van der Waals surface area contributed by atoms with Crippen LogP contribution in [0.3, 0.4) is 0 Å². The lowest BCUT2D eigenvalue weighted by Crippen LogP contribution is -2.47. The summed E-state index contributed by atoms with van der Waals surface area (Å²) in [6.07, 6.45) is -6.17. The van der Waals surface area contributed by atoms with Crippen LogP contribution in [0.2, 0.25) is 0 Å². The highest BCUT2D eigenvalue weighted by Crippen LogP contribution is 2.43. The van der Waals surface area contributed by atoms with Crippen LogP contribution in [0.5, 0.6) is 11.5 Å². The fourth-order valence-electron chi connectivity index (χ4n) is 2.81. The molecule has 1 aromatic carbocycles. The van der Waals surface area contributed by atoms with Crippen molar-refractivity contribution in [3.05, 3.63) is 39.8 Å². The van der Waals surface area contributed by atoms with Crippen molar-refractivity contribution in [2.45, 2.75) is 38.6 Å². The number of ether oxygens (including phenoxy) is 2. The molecule has 0 radical (unpaired) electrons. The summed E-state index contributed by atoms with van der Waals surface area (Å²) in [5, 5.41) is 11.2. The number of aliphatic hydroxyl groups is 1. The van der Waals surface area contributed by atoms with Gasteiger partial charge in [-0.25, -0.2) is 4.98 Å². The highest BCUT2D eigenvalue weighted by atomic mass is 32.1. The van der Waals surface area contributed by atoms with Crippen LogP contribution >= 0.6 is 11.3 Å². The summed E-state index contributed by atoms with van der Waals surface area (Å²) in [5.74, 6) is 0.266. The molecule has 1 N–H and O–H groups in total. The van der Waals surface area contributed by atoms with Crippen LogP contribution in [-0.4, -0.2) is 40.4 Å². The van der Waals surface area contributed by atoms with Gasteiger partial charge in [0.25, 0.3) is 0 Å². The molecular weight excluding hydrogens is 397 g/mol. The number of thiazole rings is 1. The molecule has 6 nitrogen and oxygen atoms in total. The van der Waals surface area contributed by atoms with E-state index in [0.29, 0.717) is 34.1 Å². The molecule has 0 spiro atoms. The lowest BCUT2D eigenvalue weighted by Gasteiger charge is -2.30. The summed E-state index contributed by atoms with van der Waals surface area (Å²) in [6, 6.07) is 5.07. The maximum Gasteiger partial charge on any atom is 0.424 e. The van der Waals surface area contributed by atoms with Crippen LogP contribution in [0.4, 0.5) is 13.2 Å². The minimum absolute atomic E-state index is 0.0802. The first-order valence-electron chi connectivity index (χ1n) is 8.52. The molecule has 0 fully saturated rings. The van der Waals surface area contributed by atoms with Crippen molar-refractivity contribution in [2.75, 3.05) is 13.3 Å². The normalized spacial score (nSPS) is 15.4. The van der Waals surface area contributed by atoms with E-state index in [1.165, 1.54) is 17.2 Å². The second-order valence-electron chi connectivity index (χ2n) is 6.42. The second kappa shape index (κ2) is 7.59. The average Bonchev–Trinajstić information content (AvgIpc) is 3.26. The Hall–Kier alpha value is -2.33. The van der Waals surface area contributed by atoms with Crippen LogP contribution in [0, 0.1) is 6.92 Å². The van der Waals surface area contributed by atoms with E-state index in [0.717, 1.165) is 0 Å². The average molecular weight is 416 g/mol. The predicted molar refractivity (Wildman–Crippen MR) is 95.1 cm³/mol. The van der Waals surface area contributed by atoms with Gasteiger partial charge >= 0.3 is 6.18 Å². The molecule has 0 saturated heterocycles. The van der Waals surface area contributed by atoms with Crippen molar-refractivity contribution >= 4 is 17.2 Å². The topological polar surface area (TPSA) is 71.9 Å². The first-order chi connectivity index (χ1) is 13.1. The number of hydrogen-bond acceptors (Lipinski definition) is 6. The number of halogens is 3. The van der Waals surface area contributed by atoms with Gasteiger partial charge in [0.2, 0.25) is 18.3 Å². The van der Waals surface area contributed by atoms with Gasteiger partial charge in [-0.05, 0) is 31.5 Å². The molecule has 1 aliphatic rings. The van der Waals surface area contributed by atoms with E-state index in [4.69, 9.17) is 9.47 Å². The Balaban J connectivity index is 1.79. The molecule has 2 aromatic rings. The molecule has 1 aliphatic heterocycles. The highest BCUT2D eigenvalue weighted by molar-refractivity contribution is 7.09. The first-order valence-corrected chi connectivity index (χ1v) is 9.40. The third-order valence-electron chi connectivity index (χ3n) is 4.39. The standard InChI is InChI=1S/C18H19F3N2O4S/c1-3-23(8-12-4-5-13-14(6-12)27-10-26-13)15(24)7-17(25,18(19,20)21)16-22-11(2)9-28-16/h4-6,9,25H,3,7-8,10H2,1-2H3. The first kappa shape index (κ1) is 20.4. The van der Waals surface area contributed by atoms with Gasteiger partial charge in [0.05, 0.1) is 6.42 Å². The van der Waals surface area contributed by atoms with E-state index in [9.17, 15) is 23.1 Å². The highest BCUT2D eigenvalue weighted by Gasteiger charge is 2.58. The van der Waals surface area contributed by atoms with E-state index in [-0.39, 0.29) is 19.9 Å². The zero-order chi connectivity index (χ0) is 20.5. The van der Waals surface area contributed by atoms with Gasteiger partial charge in [-0.15, -0.1) is 11.3 Å². The quantitative estimate of drug-likeness (QED) is 0.782. The van der Waals surface area contributed by atoms with Crippen molar-refractivity contribution < 1.29 is 32.5 Å². The number of hydrogen-bond donors (Lipinski definition) is 1. The van der Waals surface area contributed by atoms with Gasteiger partial charge in [0.1, 0.15) is 5.01 Å². The minimum Gasteiger partial charge on any atom is -0.454 e. The van der Waals surface area contributed by atoms with Crippen LogP contribution in [0.15, 0.2) is 23.6 Å². The van der Waals surface area contributed by atoms with Gasteiger partial charge in [0.15, 0.2) is 11.5 Å². The Morgan fingerprint density at radius 2 is 2.04 bits per heavy atom. The number of amides is 1. The van der Waals surface area contributed by atoms with Crippen LogP contribution in [-0.2, 0) is 16.9 Å². The number of aromatic nitrogens is 1. The molecular formula is C18H19F3N2O4S. The molecule has 1 unspecified atom stereocenters. The summed E-state index contributed by atoms with van der Waals surface area (Å²) in [4.78, 5) is 17.6. The third kappa shape index (κ3) is 3.93. The molecule has 0 aliphatic carbocycles. The molecule has 152 valence electrons. The molecule has 0 bridgehead atoms. The Morgan fingerprint density at radius 1 is 1.32 bits per heavy atom. The number of carbonyl (C=O) groups excluding carboxylic acids is 1. The molecule has 3 rings (SSSR count). The van der Waals surface area contributed by atoms with Gasteiger partial charge in [-0.1, -0.05) is 6.07 Å². The van der Waals surface area contributed by atoms with E-state index in [1.807, 2.05) is 0 Å². The number of nitrogens with zero attached hydrogens (tertiary/aromatic N) is 2. The Labute approximate surface area is 163 Å². The van der Waals surface area contributed by atoms with Gasteiger partial charge in [-0.3, -0.25) is 4.79 Å². The largest absolute Gasteiger partial charge is 0.454 e. The summed E-state index contributed by atoms with van der Waals surface area (Å²) in [7, 11) is 0. The maximum absolute atomic E-state index is 13.6. The summed E-state index contributed by atoms with van der Waals surface area (Å²) in [5.41, 5.74) is -2.30. The van der Waals surface area contributed by atoms with Crippen molar-refractivity contribution in [3.8, 4) is 11.5 Å². The molecule has 10 heteroatoms. The fourth-order valence-corrected chi connectivity index (χ4v) is 3.72. The summed E-state index contributed by atoms with van der Waals surface area (Å²) >= 11 is 0.680. The van der Waals surface area contributed by atoms with E-state index < -0.39 is 29.1 Å². The molecule has 2 heterocycles. The fraction of sp³-hybridized carbons (Fsp3) is 0.444. The Kier molecular flexibility index (Phi) is 5.53. The molecule has 1 amide bonds. The summed E-state index contributed by atoms with van der Waals surface area (Å²) < 4.78 is 51.4. The molecule has 28 heavy (non-hydrogen) atoms. The molecule has 1 atom stereocenters. The van der Waals surface area contributed by atoms with Crippen molar-refractivity contribution in [3.63, 3.8) is 0 Å². The zero-order valence-corrected chi connectivity index (χ0v) is 16.1. The van der Waals surface area contributed by atoms with E-state index in [2.05, 4.69) is 4.98 Å². The predicted octanol–water partition coefficient (Wildman–Crippen LogP) is 3.37. The van der Waals surface area contributed by atoms with Gasteiger partial charge < -0.3 is 19.5 Å². The molecule has 0 saturated carbocycles. The van der Waals surface area contributed by atoms with Crippen molar-refractivity contribution in [2.24, 2.45) is 0 Å². The van der Waals surface area contributed by atoms with Crippen LogP contribution in [0.1, 0.15) is 29.6 Å². The number of fused-ring (bicyclic) bond motifs is 1. The van der Waals surface area contributed by atoms with Crippen molar-refractivity contribution in [1.82, 2.24) is 9.88 Å². The molecule has 1 aromatic heterocycles. The van der Waals surface area contributed by atoms with Crippen LogP contribution < -0.4 is 9.47 Å². The van der Waals surface area contributed by atoms with Crippen LogP contribution in [0.25, 0.3) is 0 Å². The number of carbonyl (C=O) groups is 1. The number of aryl methyl sites for hydroxylation is 1. The SMILES string of the molecule is CCN(Cc1ccc2c(c1)OCO2)C(=O)CC(O)(c1nc(C)cs1)C(F)(F)F. The monoisotopic (exact) mass is 416 g/mol. The van der Waals surface area contributed by atoms with Crippen molar-refractivity contribution in [1.29, 1.82) is 0 Å². The number of alkyl halides is 3. The minimum atomic E-state index is -5.04. The zero-order valence-electron chi connectivity index (χ0n) is 15.2. The Morgan fingerprint density at radius 3 is 2.64 bits per heavy atom. The van der Waals surface area contributed by atoms with Gasteiger partial charge in [-0.2, -0.15) is 13.2 Å². The lowest BCUT2D eigenvalue weighted by atomic mass is 9.98. The lowest BCUT2D eigenvalue weighted by molar-refractivity contribution is -0.268. The van der Waals surface area contributed by atoms with E-state index >= 15 is 0 Å². The second-order valence-corrected chi connectivity index (χ2v) is 7.28.